The summed E-state index contributed by atoms with van der Waals surface area (Å²) in [7, 11) is 3.29. The van der Waals surface area contributed by atoms with E-state index in [1.54, 1.807) is 19.1 Å². The molecule has 1 aliphatic rings. The molecule has 40 heavy (non-hydrogen) atoms. The van der Waals surface area contributed by atoms with E-state index in [1.807, 2.05) is 49.8 Å². The maximum Gasteiger partial charge on any atom is 0.410 e. The summed E-state index contributed by atoms with van der Waals surface area (Å²) in [5.41, 5.74) is 4.28. The molecule has 11 heteroatoms. The van der Waals surface area contributed by atoms with Crippen LogP contribution in [0.1, 0.15) is 50.1 Å². The van der Waals surface area contributed by atoms with Gasteiger partial charge in [0.15, 0.2) is 11.4 Å². The van der Waals surface area contributed by atoms with Crippen molar-refractivity contribution in [2.24, 2.45) is 0 Å². The van der Waals surface area contributed by atoms with Crippen molar-refractivity contribution >= 4 is 34.8 Å². The van der Waals surface area contributed by atoms with E-state index in [9.17, 15) is 4.79 Å². The summed E-state index contributed by atoms with van der Waals surface area (Å²) >= 11 is 1.42. The Morgan fingerprint density at radius 2 is 1.93 bits per heavy atom. The molecular weight excluding hydrogens is 530 g/mol. The first-order valence-electron chi connectivity index (χ1n) is 13.3. The van der Waals surface area contributed by atoms with Crippen molar-refractivity contribution < 1.29 is 23.5 Å². The first-order chi connectivity index (χ1) is 19.2. The standard InChI is InChI=1S/C29H35N5O5S/c1-7-18-8-9-22(36-5)25(14-18)40-32-27-26-23(37-6)12-19(13-24(26)39-31-27)15-34-17-20-16-33(11-10-21(20)30-34)28(35)38-29(2,3)4/h8-9,12-14,17H,7,10-11,15-16H2,1-6H3,(H,31,32). The molecule has 0 fully saturated rings. The van der Waals surface area contributed by atoms with Crippen LogP contribution in [0.2, 0.25) is 0 Å². The lowest BCUT2D eigenvalue weighted by Crippen LogP contribution is -2.39. The maximum absolute atomic E-state index is 12.5. The molecule has 10 nitrogen and oxygen atoms in total. The van der Waals surface area contributed by atoms with Crippen LogP contribution in [-0.2, 0) is 30.7 Å². The fraction of sp³-hybridized carbons (Fsp3) is 0.414. The molecule has 1 amide bonds. The molecule has 1 aliphatic heterocycles. The van der Waals surface area contributed by atoms with Crippen molar-refractivity contribution in [2.75, 3.05) is 25.5 Å². The smallest absolute Gasteiger partial charge is 0.410 e. The molecule has 0 bridgehead atoms. The molecule has 2 aromatic carbocycles. The molecule has 0 atom stereocenters. The van der Waals surface area contributed by atoms with Crippen LogP contribution in [0.4, 0.5) is 10.6 Å². The van der Waals surface area contributed by atoms with Crippen LogP contribution in [0.25, 0.3) is 11.0 Å². The van der Waals surface area contributed by atoms with Gasteiger partial charge in [-0.1, -0.05) is 18.1 Å². The van der Waals surface area contributed by atoms with Crippen molar-refractivity contribution in [2.45, 2.75) is 64.1 Å². The largest absolute Gasteiger partial charge is 0.496 e. The van der Waals surface area contributed by atoms with E-state index in [2.05, 4.69) is 28.9 Å². The molecule has 0 radical (unpaired) electrons. The van der Waals surface area contributed by atoms with Crippen LogP contribution in [0.15, 0.2) is 45.9 Å². The van der Waals surface area contributed by atoms with E-state index in [1.165, 1.54) is 17.5 Å². The summed E-state index contributed by atoms with van der Waals surface area (Å²) in [6, 6.07) is 10.1. The third-order valence-electron chi connectivity index (χ3n) is 6.61. The van der Waals surface area contributed by atoms with Gasteiger partial charge in [0.05, 0.1) is 37.9 Å². The van der Waals surface area contributed by atoms with Gasteiger partial charge < -0.3 is 28.4 Å². The minimum Gasteiger partial charge on any atom is -0.496 e. The molecule has 4 aromatic rings. The number of carbonyl (C=O) groups excluding carboxylic acids is 1. The number of ether oxygens (including phenoxy) is 3. The van der Waals surface area contributed by atoms with E-state index < -0.39 is 5.60 Å². The molecule has 0 unspecified atom stereocenters. The average molecular weight is 566 g/mol. The average Bonchev–Trinajstić information content (AvgIpc) is 3.53. The quantitative estimate of drug-likeness (QED) is 0.255. The van der Waals surface area contributed by atoms with Crippen LogP contribution in [0.3, 0.4) is 0 Å². The van der Waals surface area contributed by atoms with E-state index in [-0.39, 0.29) is 6.09 Å². The molecule has 0 saturated carbocycles. The summed E-state index contributed by atoms with van der Waals surface area (Å²) in [4.78, 5) is 15.2. The maximum atomic E-state index is 12.5. The lowest BCUT2D eigenvalue weighted by Gasteiger charge is -2.29. The number of methoxy groups -OCH3 is 2. The lowest BCUT2D eigenvalue weighted by atomic mass is 10.1. The number of aryl methyl sites for hydroxylation is 1. The van der Waals surface area contributed by atoms with Crippen LogP contribution >= 0.6 is 11.9 Å². The molecule has 3 heterocycles. The summed E-state index contributed by atoms with van der Waals surface area (Å²) in [5, 5.41) is 9.80. The Hall–Kier alpha value is -3.86. The predicted molar refractivity (Wildman–Crippen MR) is 154 cm³/mol. The molecule has 0 aliphatic carbocycles. The van der Waals surface area contributed by atoms with Crippen LogP contribution < -0.4 is 14.2 Å². The van der Waals surface area contributed by atoms with Crippen molar-refractivity contribution in [3.8, 4) is 11.5 Å². The Labute approximate surface area is 238 Å². The van der Waals surface area contributed by atoms with Gasteiger partial charge in [-0.25, -0.2) is 4.79 Å². The van der Waals surface area contributed by atoms with Gasteiger partial charge in [0, 0.05) is 24.7 Å². The minimum absolute atomic E-state index is 0.300. The second-order valence-electron chi connectivity index (χ2n) is 10.7. The third kappa shape index (κ3) is 5.99. The first-order valence-corrected chi connectivity index (χ1v) is 14.1. The van der Waals surface area contributed by atoms with E-state index in [0.29, 0.717) is 43.2 Å². The highest BCUT2D eigenvalue weighted by Crippen LogP contribution is 2.38. The Kier molecular flexibility index (Phi) is 7.84. The fourth-order valence-corrected chi connectivity index (χ4v) is 5.47. The van der Waals surface area contributed by atoms with Crippen molar-refractivity contribution in [1.29, 1.82) is 0 Å². The van der Waals surface area contributed by atoms with Gasteiger partial charge in [0.2, 0.25) is 0 Å². The Balaban J connectivity index is 1.32. The van der Waals surface area contributed by atoms with Crippen LogP contribution in [0, 0.1) is 0 Å². The zero-order valence-corrected chi connectivity index (χ0v) is 24.6. The lowest BCUT2D eigenvalue weighted by molar-refractivity contribution is 0.0223. The number of carbonyl (C=O) groups is 1. The summed E-state index contributed by atoms with van der Waals surface area (Å²) in [6.07, 6.45) is 3.31. The fourth-order valence-electron chi connectivity index (χ4n) is 4.66. The van der Waals surface area contributed by atoms with E-state index >= 15 is 0 Å². The van der Waals surface area contributed by atoms with Crippen molar-refractivity contribution in [3.63, 3.8) is 0 Å². The molecule has 0 saturated heterocycles. The first kappa shape index (κ1) is 27.7. The highest BCUT2D eigenvalue weighted by Gasteiger charge is 2.27. The Morgan fingerprint density at radius 3 is 2.65 bits per heavy atom. The number of anilines is 1. The number of nitrogens with one attached hydrogen (secondary N) is 1. The number of nitrogens with zero attached hydrogens (tertiary/aromatic N) is 4. The molecule has 0 spiro atoms. The van der Waals surface area contributed by atoms with Gasteiger partial charge in [0.25, 0.3) is 0 Å². The predicted octanol–water partition coefficient (Wildman–Crippen LogP) is 6.06. The number of hydrogen-bond donors (Lipinski definition) is 1. The zero-order valence-electron chi connectivity index (χ0n) is 23.7. The number of aromatic nitrogens is 3. The molecule has 2 aromatic heterocycles. The molecule has 1 N–H and O–H groups in total. The second kappa shape index (κ2) is 11.3. The number of benzene rings is 2. The molecule has 5 rings (SSSR count). The number of fused-ring (bicyclic) bond motifs is 2. The summed E-state index contributed by atoms with van der Waals surface area (Å²) in [6.45, 7) is 9.32. The molecule has 212 valence electrons. The highest BCUT2D eigenvalue weighted by molar-refractivity contribution is 8.00. The number of rotatable bonds is 8. The Bertz CT molecular complexity index is 1520. The van der Waals surface area contributed by atoms with Gasteiger partial charge in [-0.05, 0) is 74.5 Å². The van der Waals surface area contributed by atoms with Gasteiger partial charge in [-0.3, -0.25) is 4.68 Å². The van der Waals surface area contributed by atoms with E-state index in [0.717, 1.165) is 39.3 Å². The summed E-state index contributed by atoms with van der Waals surface area (Å²) < 4.78 is 27.7. The second-order valence-corrected chi connectivity index (χ2v) is 11.5. The zero-order chi connectivity index (χ0) is 28.4. The van der Waals surface area contributed by atoms with Gasteiger partial charge in [0.1, 0.15) is 22.5 Å². The number of hydrogen-bond acceptors (Lipinski definition) is 9. The number of amides is 1. The van der Waals surface area contributed by atoms with Gasteiger partial charge in [-0.2, -0.15) is 5.10 Å². The molecular formula is C29H35N5O5S. The van der Waals surface area contributed by atoms with E-state index in [4.69, 9.17) is 23.8 Å². The van der Waals surface area contributed by atoms with Gasteiger partial charge in [-0.15, -0.1) is 0 Å². The third-order valence-corrected chi connectivity index (χ3v) is 7.45. The van der Waals surface area contributed by atoms with Crippen LogP contribution in [0.5, 0.6) is 11.5 Å². The van der Waals surface area contributed by atoms with Crippen LogP contribution in [-0.4, -0.2) is 52.3 Å². The topological polar surface area (TPSA) is 104 Å². The normalized spacial score (nSPS) is 13.3. The Morgan fingerprint density at radius 1 is 1.12 bits per heavy atom. The van der Waals surface area contributed by atoms with Crippen molar-refractivity contribution in [1.82, 2.24) is 19.8 Å². The highest BCUT2D eigenvalue weighted by atomic mass is 32.2. The SMILES string of the molecule is CCc1ccc(OC)c(SNc2noc3cc(Cn4cc5c(n4)CCN(C(=O)OC(C)(C)C)C5)cc(OC)c23)c1. The monoisotopic (exact) mass is 565 g/mol. The van der Waals surface area contributed by atoms with Gasteiger partial charge >= 0.3 is 6.09 Å². The minimum atomic E-state index is -0.527. The summed E-state index contributed by atoms with van der Waals surface area (Å²) in [5.74, 6) is 2.01. The van der Waals surface area contributed by atoms with Crippen molar-refractivity contribution in [3.05, 3.63) is 58.9 Å².